The molecule has 5 nitrogen and oxygen atoms in total. The second-order valence-electron chi connectivity index (χ2n) is 6.20. The van der Waals surface area contributed by atoms with Gasteiger partial charge in [0.25, 0.3) is 0 Å². The number of aromatic nitrogens is 3. The van der Waals surface area contributed by atoms with Crippen LogP contribution >= 0.6 is 0 Å². The highest BCUT2D eigenvalue weighted by molar-refractivity contribution is 5.82. The topological polar surface area (TPSA) is 62.7 Å². The number of fused-ring (bicyclic) bond motifs is 1. The standard InChI is InChI=1S/C19H21N5/c1-2-6-16-15(5-1)23-18(17-7-3-4-10-21-17)19(24-16)22-13-14-8-11-20-12-9-14/h1-7,10,14,20H,8-9,11-13H2,(H,22,24). The van der Waals surface area contributed by atoms with Crippen LogP contribution < -0.4 is 10.6 Å². The van der Waals surface area contributed by atoms with Crippen LogP contribution in [0.5, 0.6) is 0 Å². The molecule has 3 aromatic rings. The number of para-hydroxylation sites is 2. The molecule has 1 aromatic carbocycles. The van der Waals surface area contributed by atoms with E-state index in [4.69, 9.17) is 9.97 Å². The number of hydrogen-bond acceptors (Lipinski definition) is 5. The molecule has 1 saturated heterocycles. The molecule has 0 saturated carbocycles. The van der Waals surface area contributed by atoms with E-state index >= 15 is 0 Å². The normalized spacial score (nSPS) is 15.5. The Kier molecular flexibility index (Phi) is 4.34. The Hall–Kier alpha value is -2.53. The van der Waals surface area contributed by atoms with Crippen LogP contribution in [0.15, 0.2) is 48.7 Å². The van der Waals surface area contributed by atoms with Gasteiger partial charge in [-0.25, -0.2) is 9.97 Å². The van der Waals surface area contributed by atoms with Crippen molar-refractivity contribution < 1.29 is 0 Å². The van der Waals surface area contributed by atoms with Crippen LogP contribution in [0.25, 0.3) is 22.4 Å². The van der Waals surface area contributed by atoms with Crippen molar-refractivity contribution in [2.75, 3.05) is 25.0 Å². The maximum atomic E-state index is 4.81. The lowest BCUT2D eigenvalue weighted by molar-refractivity contribution is 0.389. The molecule has 24 heavy (non-hydrogen) atoms. The molecule has 1 aliphatic heterocycles. The van der Waals surface area contributed by atoms with Crippen molar-refractivity contribution in [1.29, 1.82) is 0 Å². The number of pyridine rings is 1. The van der Waals surface area contributed by atoms with Crippen molar-refractivity contribution >= 4 is 16.9 Å². The van der Waals surface area contributed by atoms with E-state index in [9.17, 15) is 0 Å². The van der Waals surface area contributed by atoms with Crippen LogP contribution in [0.4, 0.5) is 5.82 Å². The fraction of sp³-hybridized carbons (Fsp3) is 0.316. The van der Waals surface area contributed by atoms with Gasteiger partial charge in [-0.15, -0.1) is 0 Å². The second-order valence-corrected chi connectivity index (χ2v) is 6.20. The van der Waals surface area contributed by atoms with E-state index in [0.717, 1.165) is 47.9 Å². The summed E-state index contributed by atoms with van der Waals surface area (Å²) >= 11 is 0. The minimum absolute atomic E-state index is 0.677. The molecule has 0 bridgehead atoms. The van der Waals surface area contributed by atoms with Crippen LogP contribution in [-0.2, 0) is 0 Å². The van der Waals surface area contributed by atoms with Gasteiger partial charge in [-0.3, -0.25) is 4.98 Å². The molecule has 2 aromatic heterocycles. The summed E-state index contributed by atoms with van der Waals surface area (Å²) in [5, 5.41) is 6.94. The third-order valence-corrected chi connectivity index (χ3v) is 4.49. The van der Waals surface area contributed by atoms with Crippen molar-refractivity contribution in [2.45, 2.75) is 12.8 Å². The van der Waals surface area contributed by atoms with Gasteiger partial charge in [0.05, 0.1) is 16.7 Å². The monoisotopic (exact) mass is 319 g/mol. The van der Waals surface area contributed by atoms with E-state index < -0.39 is 0 Å². The van der Waals surface area contributed by atoms with Crippen LogP contribution in [0, 0.1) is 5.92 Å². The summed E-state index contributed by atoms with van der Waals surface area (Å²) in [5.41, 5.74) is 3.47. The van der Waals surface area contributed by atoms with Gasteiger partial charge < -0.3 is 10.6 Å². The Labute approximate surface area is 141 Å². The van der Waals surface area contributed by atoms with Crippen molar-refractivity contribution in [3.8, 4) is 11.4 Å². The lowest BCUT2D eigenvalue weighted by Crippen LogP contribution is -2.31. The van der Waals surface area contributed by atoms with E-state index in [0.29, 0.717) is 5.92 Å². The zero-order valence-corrected chi connectivity index (χ0v) is 13.6. The Balaban J connectivity index is 1.68. The summed E-state index contributed by atoms with van der Waals surface area (Å²) in [7, 11) is 0. The number of rotatable bonds is 4. The first kappa shape index (κ1) is 15.0. The third-order valence-electron chi connectivity index (χ3n) is 4.49. The second kappa shape index (κ2) is 6.93. The number of nitrogens with one attached hydrogen (secondary N) is 2. The molecule has 0 amide bonds. The summed E-state index contributed by atoms with van der Waals surface area (Å²) < 4.78 is 0. The molecule has 0 radical (unpaired) electrons. The van der Waals surface area contributed by atoms with Gasteiger partial charge in [-0.05, 0) is 56.1 Å². The first-order valence-corrected chi connectivity index (χ1v) is 8.53. The number of nitrogens with zero attached hydrogens (tertiary/aromatic N) is 3. The van der Waals surface area contributed by atoms with Gasteiger partial charge in [0, 0.05) is 12.7 Å². The molecule has 0 aliphatic carbocycles. The molecule has 2 N–H and O–H groups in total. The van der Waals surface area contributed by atoms with E-state index in [-0.39, 0.29) is 0 Å². The summed E-state index contributed by atoms with van der Waals surface area (Å²) in [4.78, 5) is 14.1. The maximum Gasteiger partial charge on any atom is 0.155 e. The van der Waals surface area contributed by atoms with Gasteiger partial charge in [-0.1, -0.05) is 18.2 Å². The SMILES string of the molecule is c1ccc(-c2nc3ccccc3nc2NCC2CCNCC2)nc1. The first-order valence-electron chi connectivity index (χ1n) is 8.53. The molecule has 0 atom stereocenters. The molecule has 1 fully saturated rings. The van der Waals surface area contributed by atoms with E-state index in [1.165, 1.54) is 12.8 Å². The molecule has 1 aliphatic rings. The van der Waals surface area contributed by atoms with Crippen molar-refractivity contribution in [3.63, 3.8) is 0 Å². The van der Waals surface area contributed by atoms with Gasteiger partial charge in [0.15, 0.2) is 5.82 Å². The number of anilines is 1. The number of benzene rings is 1. The Morgan fingerprint density at radius 3 is 2.46 bits per heavy atom. The lowest BCUT2D eigenvalue weighted by atomic mass is 9.98. The van der Waals surface area contributed by atoms with Gasteiger partial charge in [0.2, 0.25) is 0 Å². The minimum Gasteiger partial charge on any atom is -0.368 e. The van der Waals surface area contributed by atoms with Crippen LogP contribution in [0.3, 0.4) is 0 Å². The average molecular weight is 319 g/mol. The van der Waals surface area contributed by atoms with Gasteiger partial charge in [-0.2, -0.15) is 0 Å². The number of hydrogen-bond donors (Lipinski definition) is 2. The predicted molar refractivity (Wildman–Crippen MR) is 96.9 cm³/mol. The van der Waals surface area contributed by atoms with Crippen molar-refractivity contribution in [3.05, 3.63) is 48.7 Å². The first-order chi connectivity index (χ1) is 11.9. The van der Waals surface area contributed by atoms with Crippen LogP contribution in [0.2, 0.25) is 0 Å². The zero-order valence-electron chi connectivity index (χ0n) is 13.6. The molecule has 122 valence electrons. The average Bonchev–Trinajstić information content (AvgIpc) is 2.67. The summed E-state index contributed by atoms with van der Waals surface area (Å²) in [6.45, 7) is 3.13. The predicted octanol–water partition coefficient (Wildman–Crippen LogP) is 3.10. The molecule has 3 heterocycles. The van der Waals surface area contributed by atoms with Crippen molar-refractivity contribution in [1.82, 2.24) is 20.3 Å². The fourth-order valence-electron chi connectivity index (χ4n) is 3.13. The highest BCUT2D eigenvalue weighted by Crippen LogP contribution is 2.26. The van der Waals surface area contributed by atoms with E-state index in [1.54, 1.807) is 6.20 Å². The molecular formula is C19H21N5. The highest BCUT2D eigenvalue weighted by Gasteiger charge is 2.16. The fourth-order valence-corrected chi connectivity index (χ4v) is 3.13. The lowest BCUT2D eigenvalue weighted by Gasteiger charge is -2.23. The van der Waals surface area contributed by atoms with Crippen LogP contribution in [-0.4, -0.2) is 34.6 Å². The van der Waals surface area contributed by atoms with Crippen LogP contribution in [0.1, 0.15) is 12.8 Å². The largest absolute Gasteiger partial charge is 0.368 e. The third kappa shape index (κ3) is 3.21. The van der Waals surface area contributed by atoms with E-state index in [2.05, 4.69) is 15.6 Å². The maximum absolute atomic E-state index is 4.81. The van der Waals surface area contributed by atoms with E-state index in [1.807, 2.05) is 42.5 Å². The Bertz CT molecular complexity index is 812. The molecular weight excluding hydrogens is 298 g/mol. The van der Waals surface area contributed by atoms with Gasteiger partial charge in [0.1, 0.15) is 5.69 Å². The summed E-state index contributed by atoms with van der Waals surface area (Å²) in [5.74, 6) is 1.50. The summed E-state index contributed by atoms with van der Waals surface area (Å²) in [6.07, 6.45) is 4.20. The molecule has 0 spiro atoms. The summed E-state index contributed by atoms with van der Waals surface area (Å²) in [6, 6.07) is 13.9. The molecule has 0 unspecified atom stereocenters. The Morgan fingerprint density at radius 1 is 0.958 bits per heavy atom. The highest BCUT2D eigenvalue weighted by atomic mass is 15.0. The Morgan fingerprint density at radius 2 is 1.71 bits per heavy atom. The molecule has 5 heteroatoms. The zero-order chi connectivity index (χ0) is 16.2. The smallest absolute Gasteiger partial charge is 0.155 e. The van der Waals surface area contributed by atoms with Gasteiger partial charge >= 0.3 is 0 Å². The van der Waals surface area contributed by atoms with Crippen molar-refractivity contribution in [2.24, 2.45) is 5.92 Å². The quantitative estimate of drug-likeness (QED) is 0.774. The minimum atomic E-state index is 0.677. The molecule has 4 rings (SSSR count). The number of piperidine rings is 1.